The Bertz CT molecular complexity index is 929. The summed E-state index contributed by atoms with van der Waals surface area (Å²) in [6, 6.07) is 0. The molecule has 0 aromatic carbocycles. The predicted octanol–water partition coefficient (Wildman–Crippen LogP) is -9.75. The lowest BCUT2D eigenvalue weighted by atomic mass is 9.98. The summed E-state index contributed by atoms with van der Waals surface area (Å²) in [5, 5.41) is 142. The first kappa shape index (κ1) is 37.0. The highest BCUT2D eigenvalue weighted by atomic mass is 16.8. The molecule has 21 heteroatoms. The minimum absolute atomic E-state index is 0.729. The molecule has 0 bridgehead atoms. The Kier molecular flexibility index (Phi) is 12.5. The highest BCUT2D eigenvalue weighted by molar-refractivity contribution is 5.01. The molecule has 0 aromatic rings. The van der Waals surface area contributed by atoms with Crippen LogP contribution in [0, 0.1) is 0 Å². The first-order valence-electron chi connectivity index (χ1n) is 14.1. The van der Waals surface area contributed by atoms with E-state index in [0.29, 0.717) is 0 Å². The number of ether oxygens (including phenoxy) is 7. The maximum atomic E-state index is 10.8. The Morgan fingerprint density at radius 2 is 0.911 bits per heavy atom. The topological polar surface area (TPSA) is 348 Å². The molecular weight excluding hydrogens is 624 g/mol. The zero-order valence-electron chi connectivity index (χ0n) is 23.5. The first-order chi connectivity index (χ1) is 21.2. The number of aliphatic hydroxyl groups is 14. The van der Waals surface area contributed by atoms with Gasteiger partial charge in [-0.3, -0.25) is 0 Å². The number of rotatable bonds is 11. The summed E-state index contributed by atoms with van der Waals surface area (Å²) in [5.41, 5.74) is 0. The van der Waals surface area contributed by atoms with E-state index in [4.69, 9.17) is 33.2 Å². The summed E-state index contributed by atoms with van der Waals surface area (Å²) in [7, 11) is 0. The molecule has 0 unspecified atom stereocenters. The van der Waals surface area contributed by atoms with E-state index in [1.165, 1.54) is 0 Å². The van der Waals surface area contributed by atoms with Gasteiger partial charge in [-0.2, -0.15) is 0 Å². The maximum absolute atomic E-state index is 10.8. The van der Waals surface area contributed by atoms with E-state index in [2.05, 4.69) is 0 Å². The van der Waals surface area contributed by atoms with Crippen LogP contribution in [0.15, 0.2) is 0 Å². The fourth-order valence-corrected chi connectivity index (χ4v) is 5.50. The van der Waals surface area contributed by atoms with Crippen LogP contribution in [-0.4, -0.2) is 221 Å². The Balaban J connectivity index is 1.52. The smallest absolute Gasteiger partial charge is 0.224 e. The van der Waals surface area contributed by atoms with Crippen molar-refractivity contribution < 1.29 is 105 Å². The van der Waals surface area contributed by atoms with Crippen LogP contribution in [0.5, 0.6) is 0 Å². The number of hydrogen-bond acceptors (Lipinski definition) is 21. The lowest BCUT2D eigenvalue weighted by Crippen LogP contribution is -2.65. The highest BCUT2D eigenvalue weighted by Crippen LogP contribution is 2.39. The van der Waals surface area contributed by atoms with E-state index in [0.717, 1.165) is 0 Å². The van der Waals surface area contributed by atoms with Crippen molar-refractivity contribution in [2.75, 3.05) is 33.0 Å². The largest absolute Gasteiger partial charge is 0.394 e. The lowest BCUT2D eigenvalue weighted by molar-refractivity contribution is -0.402. The van der Waals surface area contributed by atoms with Crippen LogP contribution in [0.4, 0.5) is 0 Å². The summed E-state index contributed by atoms with van der Waals surface area (Å²) in [5.74, 6) is -2.57. The van der Waals surface area contributed by atoms with Crippen LogP contribution in [-0.2, 0) is 33.2 Å². The molecule has 45 heavy (non-hydrogen) atoms. The summed E-state index contributed by atoms with van der Waals surface area (Å²) >= 11 is 0. The van der Waals surface area contributed by atoms with Gasteiger partial charge in [-0.1, -0.05) is 0 Å². The van der Waals surface area contributed by atoms with Crippen molar-refractivity contribution in [3.8, 4) is 0 Å². The molecule has 4 fully saturated rings. The monoisotopic (exact) mass is 666 g/mol. The summed E-state index contributed by atoms with van der Waals surface area (Å²) in [4.78, 5) is 0. The zero-order chi connectivity index (χ0) is 33.4. The quantitative estimate of drug-likeness (QED) is 0.0973. The standard InChI is InChI=1S/C24H42O21/c25-1-6-10(29)14(33)17(36)21(40-6)39-4-9-12(31)16(35)19(38)23(42-9)45-24(5-28)20(13(32)8(3-27)44-24)43-22-18(37)15(34)11(30)7(2-26)41-22/h6-23,25-38H,1-5H2/t6-,7-,8-,9-,10+,11+,12-,13-,14+,15+,16+,17-,18-,19-,20+,21+,22-,23-,24+/m1/s1. The molecule has 21 nitrogen and oxygen atoms in total. The van der Waals surface area contributed by atoms with Crippen molar-refractivity contribution in [2.45, 2.75) is 116 Å². The van der Waals surface area contributed by atoms with Crippen molar-refractivity contribution in [3.05, 3.63) is 0 Å². The third-order valence-corrected chi connectivity index (χ3v) is 8.26. The van der Waals surface area contributed by atoms with Gasteiger partial charge in [-0.05, 0) is 0 Å². The molecule has 0 amide bonds. The fourth-order valence-electron chi connectivity index (χ4n) is 5.50. The molecule has 4 aliphatic heterocycles. The average Bonchev–Trinajstić information content (AvgIpc) is 3.30. The van der Waals surface area contributed by atoms with Crippen LogP contribution in [0.25, 0.3) is 0 Å². The molecule has 0 aliphatic carbocycles. The Morgan fingerprint density at radius 1 is 0.467 bits per heavy atom. The highest BCUT2D eigenvalue weighted by Gasteiger charge is 2.61. The second-order valence-corrected chi connectivity index (χ2v) is 11.2. The Hall–Kier alpha value is -0.840. The van der Waals surface area contributed by atoms with Gasteiger partial charge in [0.2, 0.25) is 5.79 Å². The van der Waals surface area contributed by atoms with E-state index in [1.807, 2.05) is 0 Å². The summed E-state index contributed by atoms with van der Waals surface area (Å²) < 4.78 is 38.2. The molecule has 0 aromatic heterocycles. The molecule has 0 saturated carbocycles. The van der Waals surface area contributed by atoms with Crippen LogP contribution in [0.1, 0.15) is 0 Å². The molecule has 4 heterocycles. The molecule has 4 saturated heterocycles. The first-order valence-corrected chi connectivity index (χ1v) is 14.1. The van der Waals surface area contributed by atoms with Crippen molar-refractivity contribution in [1.29, 1.82) is 0 Å². The summed E-state index contributed by atoms with van der Waals surface area (Å²) in [6.45, 7) is -4.41. The van der Waals surface area contributed by atoms with Gasteiger partial charge in [0.15, 0.2) is 18.9 Å². The third-order valence-electron chi connectivity index (χ3n) is 8.26. The molecule has 14 N–H and O–H groups in total. The Morgan fingerprint density at radius 3 is 1.42 bits per heavy atom. The van der Waals surface area contributed by atoms with Crippen LogP contribution >= 0.6 is 0 Å². The van der Waals surface area contributed by atoms with Gasteiger partial charge in [0.05, 0.1) is 26.4 Å². The van der Waals surface area contributed by atoms with Gasteiger partial charge in [-0.25, -0.2) is 0 Å². The summed E-state index contributed by atoms with van der Waals surface area (Å²) in [6.07, 6.45) is -32.2. The lowest BCUT2D eigenvalue weighted by Gasteiger charge is -2.46. The van der Waals surface area contributed by atoms with Gasteiger partial charge < -0.3 is 105 Å². The zero-order valence-corrected chi connectivity index (χ0v) is 23.5. The van der Waals surface area contributed by atoms with E-state index >= 15 is 0 Å². The molecular formula is C24H42O21. The van der Waals surface area contributed by atoms with Crippen molar-refractivity contribution in [2.24, 2.45) is 0 Å². The van der Waals surface area contributed by atoms with Gasteiger partial charge in [0, 0.05) is 0 Å². The Labute approximate surface area is 254 Å². The maximum Gasteiger partial charge on any atom is 0.224 e. The van der Waals surface area contributed by atoms with Gasteiger partial charge in [-0.15, -0.1) is 0 Å². The van der Waals surface area contributed by atoms with E-state index in [1.54, 1.807) is 0 Å². The van der Waals surface area contributed by atoms with Crippen LogP contribution in [0.2, 0.25) is 0 Å². The SMILES string of the molecule is OC[C@H]1O[C@H](O[C@H]2[C@H](O)[C@@H](CO)O[C@@]2(CO)O[C@H]2O[C@H](CO[C@H]3O[C@H](CO)[C@H](O)[C@H](O)[C@H]3O)[C@@H](O)[C@H](O)[C@H]2O)[C@H](O)[C@@H](O)[C@H]1O. The molecule has 19 atom stereocenters. The molecule has 0 spiro atoms. The second-order valence-electron chi connectivity index (χ2n) is 11.2. The number of aliphatic hydroxyl groups excluding tert-OH is 14. The van der Waals surface area contributed by atoms with Crippen molar-refractivity contribution in [3.63, 3.8) is 0 Å². The van der Waals surface area contributed by atoms with Crippen LogP contribution < -0.4 is 0 Å². The van der Waals surface area contributed by atoms with Gasteiger partial charge in [0.1, 0.15) is 98.2 Å². The van der Waals surface area contributed by atoms with Crippen molar-refractivity contribution >= 4 is 0 Å². The normalized spacial score (nSPS) is 52.7. The van der Waals surface area contributed by atoms with Crippen LogP contribution in [0.3, 0.4) is 0 Å². The van der Waals surface area contributed by atoms with Gasteiger partial charge >= 0.3 is 0 Å². The molecule has 4 rings (SSSR count). The van der Waals surface area contributed by atoms with Gasteiger partial charge in [0.25, 0.3) is 0 Å². The molecule has 4 aliphatic rings. The number of hydrogen-bond donors (Lipinski definition) is 14. The second kappa shape index (κ2) is 15.1. The molecule has 264 valence electrons. The average molecular weight is 667 g/mol. The third kappa shape index (κ3) is 7.15. The fraction of sp³-hybridized carbons (Fsp3) is 1.00. The predicted molar refractivity (Wildman–Crippen MR) is 134 cm³/mol. The minimum atomic E-state index is -2.57. The van der Waals surface area contributed by atoms with E-state index in [-0.39, 0.29) is 0 Å². The molecule has 0 radical (unpaired) electrons. The minimum Gasteiger partial charge on any atom is -0.394 e. The van der Waals surface area contributed by atoms with E-state index in [9.17, 15) is 71.5 Å². The van der Waals surface area contributed by atoms with Crippen molar-refractivity contribution in [1.82, 2.24) is 0 Å². The van der Waals surface area contributed by atoms with E-state index < -0.39 is 149 Å².